The first-order chi connectivity index (χ1) is 13.4. The molecule has 4 rings (SSSR count). The van der Waals surface area contributed by atoms with Gasteiger partial charge in [-0.2, -0.15) is 0 Å². The van der Waals surface area contributed by atoms with E-state index >= 15 is 0 Å². The Bertz CT molecular complexity index is 1120. The molecular formula is C21H22N4O3. The van der Waals surface area contributed by atoms with E-state index in [1.807, 2.05) is 26.0 Å². The number of aromatic nitrogens is 2. The van der Waals surface area contributed by atoms with Crippen molar-refractivity contribution in [3.63, 3.8) is 0 Å². The zero-order valence-corrected chi connectivity index (χ0v) is 16.2. The highest BCUT2D eigenvalue weighted by atomic mass is 16.5. The summed E-state index contributed by atoms with van der Waals surface area (Å²) in [6.45, 7) is 5.51. The van der Waals surface area contributed by atoms with Crippen LogP contribution in [0.3, 0.4) is 0 Å². The molecule has 0 aliphatic carbocycles. The van der Waals surface area contributed by atoms with E-state index in [1.165, 1.54) is 7.11 Å². The van der Waals surface area contributed by atoms with Gasteiger partial charge >= 0.3 is 5.97 Å². The van der Waals surface area contributed by atoms with E-state index in [-0.39, 0.29) is 5.97 Å². The van der Waals surface area contributed by atoms with Crippen molar-refractivity contribution in [2.24, 2.45) is 5.73 Å². The Kier molecular flexibility index (Phi) is 4.30. The second-order valence-electron chi connectivity index (χ2n) is 7.05. The summed E-state index contributed by atoms with van der Waals surface area (Å²) in [5, 5.41) is 0. The van der Waals surface area contributed by atoms with Crippen molar-refractivity contribution in [3.05, 3.63) is 52.6 Å². The third-order valence-corrected chi connectivity index (χ3v) is 5.26. The number of hydrogen-bond donors (Lipinski definition) is 1. The lowest BCUT2D eigenvalue weighted by atomic mass is 10.1. The molecule has 7 heteroatoms. The number of carbonyl (C=O) groups is 2. The van der Waals surface area contributed by atoms with Gasteiger partial charge in [-0.3, -0.25) is 4.79 Å². The van der Waals surface area contributed by atoms with Gasteiger partial charge < -0.3 is 19.9 Å². The predicted molar refractivity (Wildman–Crippen MR) is 107 cm³/mol. The van der Waals surface area contributed by atoms with E-state index in [4.69, 9.17) is 15.5 Å². The Hall–Kier alpha value is -3.35. The smallest absolute Gasteiger partial charge is 0.340 e. The van der Waals surface area contributed by atoms with Gasteiger partial charge in [-0.15, -0.1) is 0 Å². The van der Waals surface area contributed by atoms with Crippen LogP contribution in [0.2, 0.25) is 0 Å². The number of primary amides is 1. The van der Waals surface area contributed by atoms with Gasteiger partial charge in [0.2, 0.25) is 11.9 Å². The molecule has 7 nitrogen and oxygen atoms in total. The number of nitrogens with zero attached hydrogens (tertiary/aromatic N) is 3. The van der Waals surface area contributed by atoms with E-state index in [1.54, 1.807) is 18.2 Å². The lowest BCUT2D eigenvalue weighted by molar-refractivity contribution is 0.0602. The lowest BCUT2D eigenvalue weighted by Crippen LogP contribution is -2.29. The number of amides is 1. The molecule has 3 aromatic rings. The number of ether oxygens (including phenoxy) is 1. The zero-order valence-electron chi connectivity index (χ0n) is 16.2. The van der Waals surface area contributed by atoms with Crippen molar-refractivity contribution in [1.29, 1.82) is 0 Å². The van der Waals surface area contributed by atoms with Gasteiger partial charge in [0.25, 0.3) is 0 Å². The highest BCUT2D eigenvalue weighted by Crippen LogP contribution is 2.36. The summed E-state index contributed by atoms with van der Waals surface area (Å²) in [7, 11) is 1.39. The Morgan fingerprint density at radius 2 is 1.89 bits per heavy atom. The van der Waals surface area contributed by atoms with Crippen LogP contribution < -0.4 is 10.6 Å². The summed E-state index contributed by atoms with van der Waals surface area (Å²) in [6, 6.07) is 9.12. The Labute approximate surface area is 162 Å². The minimum Gasteiger partial charge on any atom is -0.465 e. The highest BCUT2D eigenvalue weighted by Gasteiger charge is 2.27. The fourth-order valence-corrected chi connectivity index (χ4v) is 3.87. The average Bonchev–Trinajstić information content (AvgIpc) is 3.08. The normalized spacial score (nSPS) is 13.5. The molecule has 1 amide bonds. The fraction of sp³-hybridized carbons (Fsp3) is 0.286. The van der Waals surface area contributed by atoms with Gasteiger partial charge in [0.15, 0.2) is 0 Å². The molecule has 0 bridgehead atoms. The minimum atomic E-state index is -0.445. The molecule has 2 heterocycles. The van der Waals surface area contributed by atoms with Crippen molar-refractivity contribution in [2.75, 3.05) is 18.6 Å². The predicted octanol–water partition coefficient (Wildman–Crippen LogP) is 3.08. The second kappa shape index (κ2) is 6.67. The second-order valence-corrected chi connectivity index (χ2v) is 7.05. The Morgan fingerprint density at radius 3 is 2.57 bits per heavy atom. The monoisotopic (exact) mass is 378 g/mol. The molecule has 0 saturated heterocycles. The maximum absolute atomic E-state index is 12.3. The van der Waals surface area contributed by atoms with Gasteiger partial charge in [0.05, 0.1) is 23.7 Å². The molecule has 0 unspecified atom stereocenters. The van der Waals surface area contributed by atoms with Crippen molar-refractivity contribution in [1.82, 2.24) is 9.55 Å². The summed E-state index contributed by atoms with van der Waals surface area (Å²) in [4.78, 5) is 30.8. The molecule has 0 radical (unpaired) electrons. The topological polar surface area (TPSA) is 90.4 Å². The Balaban J connectivity index is 1.91. The summed E-state index contributed by atoms with van der Waals surface area (Å²) in [5.74, 6) is -0.0266. The van der Waals surface area contributed by atoms with Crippen LogP contribution in [-0.4, -0.2) is 35.1 Å². The van der Waals surface area contributed by atoms with Crippen molar-refractivity contribution < 1.29 is 14.3 Å². The van der Waals surface area contributed by atoms with Crippen molar-refractivity contribution >= 4 is 34.5 Å². The van der Waals surface area contributed by atoms with Crippen molar-refractivity contribution in [3.8, 4) is 0 Å². The number of esters is 1. The number of benzene rings is 2. The van der Waals surface area contributed by atoms with Crippen molar-refractivity contribution in [2.45, 2.75) is 26.8 Å². The SMILES string of the molecule is COC(=O)c1ccc(C)c2nc3n(c12)CCCN3c1ccc(C(N)=O)cc1C. The average molecular weight is 378 g/mol. The molecule has 0 saturated carbocycles. The summed E-state index contributed by atoms with van der Waals surface area (Å²) in [6.07, 6.45) is 0.907. The van der Waals surface area contributed by atoms with Gasteiger partial charge in [-0.25, -0.2) is 9.78 Å². The first-order valence-corrected chi connectivity index (χ1v) is 9.18. The number of aryl methyl sites for hydroxylation is 3. The Morgan fingerprint density at radius 1 is 1.11 bits per heavy atom. The van der Waals surface area contributed by atoms with Crippen LogP contribution in [0.15, 0.2) is 30.3 Å². The maximum atomic E-state index is 12.3. The van der Waals surface area contributed by atoms with Crippen LogP contribution in [0.5, 0.6) is 0 Å². The molecule has 144 valence electrons. The first-order valence-electron chi connectivity index (χ1n) is 9.18. The summed E-state index contributed by atoms with van der Waals surface area (Å²) >= 11 is 0. The number of nitrogens with two attached hydrogens (primary N) is 1. The van der Waals surface area contributed by atoms with E-state index in [0.717, 1.165) is 53.3 Å². The fourth-order valence-electron chi connectivity index (χ4n) is 3.87. The summed E-state index contributed by atoms with van der Waals surface area (Å²) in [5.41, 5.74) is 10.9. The molecule has 1 aliphatic heterocycles. The molecule has 0 atom stereocenters. The van der Waals surface area contributed by atoms with Crippen LogP contribution in [0.25, 0.3) is 11.0 Å². The quantitative estimate of drug-likeness (QED) is 0.707. The highest BCUT2D eigenvalue weighted by molar-refractivity contribution is 6.04. The molecule has 28 heavy (non-hydrogen) atoms. The van der Waals surface area contributed by atoms with Gasteiger partial charge in [0.1, 0.15) is 0 Å². The van der Waals surface area contributed by atoms with E-state index < -0.39 is 5.91 Å². The zero-order chi connectivity index (χ0) is 20.0. The van der Waals surface area contributed by atoms with Crippen LogP contribution in [0.4, 0.5) is 11.6 Å². The summed E-state index contributed by atoms with van der Waals surface area (Å²) < 4.78 is 7.06. The van der Waals surface area contributed by atoms with Gasteiger partial charge in [0, 0.05) is 24.3 Å². The maximum Gasteiger partial charge on any atom is 0.340 e. The standard InChI is InChI=1S/C21H22N4O3/c1-12-5-7-15(20(27)28-3)18-17(12)23-21-24(9-4-10-25(18)21)16-8-6-14(19(22)26)11-13(16)2/h5-8,11H,4,9-10H2,1-3H3,(H2,22,26). The first kappa shape index (κ1) is 18.0. The third-order valence-electron chi connectivity index (χ3n) is 5.26. The molecular weight excluding hydrogens is 356 g/mol. The number of hydrogen-bond acceptors (Lipinski definition) is 5. The van der Waals surface area contributed by atoms with Crippen LogP contribution in [0.1, 0.15) is 38.3 Å². The number of rotatable bonds is 3. The molecule has 0 fully saturated rings. The van der Waals surface area contributed by atoms with E-state index in [2.05, 4.69) is 9.47 Å². The van der Waals surface area contributed by atoms with Crippen LogP contribution in [-0.2, 0) is 11.3 Å². The van der Waals surface area contributed by atoms with Crippen LogP contribution in [0, 0.1) is 13.8 Å². The number of methoxy groups -OCH3 is 1. The molecule has 2 aromatic carbocycles. The molecule has 0 spiro atoms. The minimum absolute atomic E-state index is 0.369. The largest absolute Gasteiger partial charge is 0.465 e. The number of fused-ring (bicyclic) bond motifs is 3. The van der Waals surface area contributed by atoms with Gasteiger partial charge in [-0.1, -0.05) is 6.07 Å². The van der Waals surface area contributed by atoms with E-state index in [9.17, 15) is 9.59 Å². The third kappa shape index (κ3) is 2.70. The molecule has 2 N–H and O–H groups in total. The molecule has 1 aromatic heterocycles. The number of imidazole rings is 1. The number of anilines is 2. The molecule has 1 aliphatic rings. The van der Waals surface area contributed by atoms with Gasteiger partial charge in [-0.05, 0) is 55.7 Å². The van der Waals surface area contributed by atoms with Crippen LogP contribution >= 0.6 is 0 Å². The lowest BCUT2D eigenvalue weighted by Gasteiger charge is -2.30. The van der Waals surface area contributed by atoms with E-state index in [0.29, 0.717) is 11.1 Å². The number of carbonyl (C=O) groups excluding carboxylic acids is 2.